The maximum absolute atomic E-state index is 13.4. The fourth-order valence-electron chi connectivity index (χ4n) is 3.83. The lowest BCUT2D eigenvalue weighted by molar-refractivity contribution is -0.143. The fraction of sp³-hybridized carbons (Fsp3) is 0.429. The van der Waals surface area contributed by atoms with Gasteiger partial charge in [0.2, 0.25) is 0 Å². The van der Waals surface area contributed by atoms with Crippen molar-refractivity contribution in [3.05, 3.63) is 57.0 Å². The van der Waals surface area contributed by atoms with Gasteiger partial charge in [0.15, 0.2) is 11.2 Å². The minimum absolute atomic E-state index is 0.157. The van der Waals surface area contributed by atoms with E-state index in [2.05, 4.69) is 4.98 Å². The Morgan fingerprint density at radius 2 is 2.10 bits per heavy atom. The summed E-state index contributed by atoms with van der Waals surface area (Å²) in [5, 5.41) is 0. The Morgan fingerprint density at radius 3 is 2.80 bits per heavy atom. The number of nitrogens with zero attached hydrogens (tertiary/aromatic N) is 4. The first-order valence-electron chi connectivity index (χ1n) is 10.0. The topological polar surface area (TPSA) is 97.4 Å². The molecular weight excluding hydrogens is 388 g/mol. The Kier molecular flexibility index (Phi) is 5.54. The predicted octanol–water partition coefficient (Wildman–Crippen LogP) is 1.40. The zero-order valence-electron chi connectivity index (χ0n) is 17.0. The molecule has 158 valence electrons. The van der Waals surface area contributed by atoms with E-state index >= 15 is 0 Å². The molecule has 0 radical (unpaired) electrons. The van der Waals surface area contributed by atoms with Crippen molar-refractivity contribution in [1.82, 2.24) is 18.7 Å². The maximum Gasteiger partial charge on any atom is 0.337 e. The molecule has 1 fully saturated rings. The number of carbonyl (C=O) groups excluding carboxylic acids is 1. The molecule has 30 heavy (non-hydrogen) atoms. The molecule has 0 bridgehead atoms. The van der Waals surface area contributed by atoms with Crippen LogP contribution in [0.5, 0.6) is 0 Å². The van der Waals surface area contributed by atoms with Crippen LogP contribution >= 0.6 is 0 Å². The maximum atomic E-state index is 13.4. The van der Waals surface area contributed by atoms with Crippen molar-refractivity contribution in [3.8, 4) is 5.69 Å². The highest BCUT2D eigenvalue weighted by atomic mass is 16.5. The van der Waals surface area contributed by atoms with Gasteiger partial charge in [0.05, 0.1) is 31.3 Å². The lowest BCUT2D eigenvalue weighted by atomic mass is 10.2. The van der Waals surface area contributed by atoms with Crippen molar-refractivity contribution in [2.75, 3.05) is 13.2 Å². The van der Waals surface area contributed by atoms with E-state index in [1.807, 2.05) is 25.1 Å². The summed E-state index contributed by atoms with van der Waals surface area (Å²) >= 11 is 0. The van der Waals surface area contributed by atoms with Gasteiger partial charge in [-0.3, -0.25) is 14.2 Å². The Labute approximate surface area is 172 Å². The van der Waals surface area contributed by atoms with Gasteiger partial charge in [0.1, 0.15) is 6.54 Å². The second kappa shape index (κ2) is 8.27. The van der Waals surface area contributed by atoms with Gasteiger partial charge in [-0.2, -0.15) is 0 Å². The molecule has 9 nitrogen and oxygen atoms in total. The summed E-state index contributed by atoms with van der Waals surface area (Å²) < 4.78 is 14.7. The van der Waals surface area contributed by atoms with Gasteiger partial charge in [0.25, 0.3) is 5.56 Å². The number of benzene rings is 1. The summed E-state index contributed by atoms with van der Waals surface area (Å²) in [6.45, 7) is 4.46. The highest BCUT2D eigenvalue weighted by Crippen LogP contribution is 2.18. The monoisotopic (exact) mass is 412 g/mol. The molecule has 3 aromatic rings. The zero-order valence-corrected chi connectivity index (χ0v) is 17.0. The van der Waals surface area contributed by atoms with E-state index in [0.717, 1.165) is 18.4 Å². The largest absolute Gasteiger partial charge is 0.465 e. The van der Waals surface area contributed by atoms with E-state index in [-0.39, 0.29) is 37.0 Å². The number of aromatic nitrogens is 4. The second-order valence-electron chi connectivity index (χ2n) is 7.30. The minimum atomic E-state index is -0.489. The van der Waals surface area contributed by atoms with Crippen molar-refractivity contribution in [1.29, 1.82) is 0 Å². The van der Waals surface area contributed by atoms with Crippen molar-refractivity contribution >= 4 is 17.1 Å². The predicted molar refractivity (Wildman–Crippen MR) is 110 cm³/mol. The van der Waals surface area contributed by atoms with Gasteiger partial charge in [0, 0.05) is 6.61 Å². The molecule has 0 amide bonds. The van der Waals surface area contributed by atoms with Crippen molar-refractivity contribution in [2.45, 2.75) is 45.9 Å². The van der Waals surface area contributed by atoms with Gasteiger partial charge in [-0.1, -0.05) is 18.2 Å². The third kappa shape index (κ3) is 3.56. The second-order valence-corrected chi connectivity index (χ2v) is 7.30. The lowest BCUT2D eigenvalue weighted by Crippen LogP contribution is -2.42. The molecular formula is C21H24N4O5. The summed E-state index contributed by atoms with van der Waals surface area (Å²) in [6, 6.07) is 7.40. The van der Waals surface area contributed by atoms with Crippen LogP contribution in [0.15, 0.2) is 40.2 Å². The van der Waals surface area contributed by atoms with Crippen molar-refractivity contribution in [2.24, 2.45) is 0 Å². The van der Waals surface area contributed by atoms with Crippen LogP contribution in [0.25, 0.3) is 16.9 Å². The van der Waals surface area contributed by atoms with E-state index < -0.39 is 17.2 Å². The van der Waals surface area contributed by atoms with Gasteiger partial charge in [-0.15, -0.1) is 0 Å². The zero-order chi connectivity index (χ0) is 21.3. The summed E-state index contributed by atoms with van der Waals surface area (Å²) in [6.07, 6.45) is 2.89. The molecule has 0 spiro atoms. The standard InChI is InChI=1S/C21H24N4O5/c1-3-29-17(26)12-23-13-22-19-18(23)20(27)24(11-15-8-6-10-30-15)21(28)25(19)16-9-5-4-7-14(16)2/h4-5,7,9,13,15H,3,6,8,10-12H2,1-2H3/t15-/m0/s1. The van der Waals surface area contributed by atoms with Crippen molar-refractivity contribution in [3.63, 3.8) is 0 Å². The number of rotatable bonds is 6. The Balaban J connectivity index is 1.96. The van der Waals surface area contributed by atoms with Crippen LogP contribution in [0, 0.1) is 6.92 Å². The Hall–Kier alpha value is -3.20. The third-order valence-corrected chi connectivity index (χ3v) is 5.27. The summed E-state index contributed by atoms with van der Waals surface area (Å²) in [7, 11) is 0. The molecule has 3 heterocycles. The molecule has 4 rings (SSSR count). The SMILES string of the molecule is CCOC(=O)Cn1cnc2c1c(=O)n(C[C@@H]1CCCO1)c(=O)n2-c1ccccc1C. The van der Waals surface area contributed by atoms with Crippen LogP contribution in [0.2, 0.25) is 0 Å². The van der Waals surface area contributed by atoms with Crippen LogP contribution in [-0.4, -0.2) is 44.0 Å². The molecule has 0 saturated carbocycles. The molecule has 1 aliphatic rings. The van der Waals surface area contributed by atoms with Gasteiger partial charge < -0.3 is 14.0 Å². The molecule has 1 aromatic carbocycles. The Morgan fingerprint density at radius 1 is 1.30 bits per heavy atom. The summed E-state index contributed by atoms with van der Waals surface area (Å²) in [5.41, 5.74) is 0.935. The van der Waals surface area contributed by atoms with Crippen LogP contribution in [0.1, 0.15) is 25.3 Å². The molecule has 1 aliphatic heterocycles. The van der Waals surface area contributed by atoms with E-state index in [0.29, 0.717) is 12.3 Å². The number of fused-ring (bicyclic) bond motifs is 1. The number of aryl methyl sites for hydroxylation is 1. The smallest absolute Gasteiger partial charge is 0.337 e. The number of ether oxygens (including phenoxy) is 2. The minimum Gasteiger partial charge on any atom is -0.465 e. The fourth-order valence-corrected chi connectivity index (χ4v) is 3.83. The average Bonchev–Trinajstić information content (AvgIpc) is 3.37. The van der Waals surface area contributed by atoms with E-state index in [9.17, 15) is 14.4 Å². The molecule has 0 aliphatic carbocycles. The van der Waals surface area contributed by atoms with E-state index in [1.54, 1.807) is 13.0 Å². The van der Waals surface area contributed by atoms with Crippen LogP contribution < -0.4 is 11.2 Å². The average molecular weight is 412 g/mol. The molecule has 2 aromatic heterocycles. The molecule has 0 N–H and O–H groups in total. The van der Waals surface area contributed by atoms with Gasteiger partial charge >= 0.3 is 11.7 Å². The van der Waals surface area contributed by atoms with Crippen LogP contribution in [-0.2, 0) is 27.4 Å². The number of para-hydroxylation sites is 1. The molecule has 1 atom stereocenters. The molecule has 1 saturated heterocycles. The third-order valence-electron chi connectivity index (χ3n) is 5.27. The normalized spacial score (nSPS) is 16.3. The van der Waals surface area contributed by atoms with Crippen LogP contribution in [0.3, 0.4) is 0 Å². The van der Waals surface area contributed by atoms with Crippen LogP contribution in [0.4, 0.5) is 0 Å². The van der Waals surface area contributed by atoms with Crippen molar-refractivity contribution < 1.29 is 14.3 Å². The number of hydrogen-bond donors (Lipinski definition) is 0. The van der Waals surface area contributed by atoms with Gasteiger partial charge in [-0.25, -0.2) is 14.3 Å². The quantitative estimate of drug-likeness (QED) is 0.568. The lowest BCUT2D eigenvalue weighted by Gasteiger charge is -2.16. The van der Waals surface area contributed by atoms with Gasteiger partial charge in [-0.05, 0) is 38.3 Å². The number of esters is 1. The number of carbonyl (C=O) groups is 1. The summed E-state index contributed by atoms with van der Waals surface area (Å²) in [4.78, 5) is 43.1. The molecule has 9 heteroatoms. The highest BCUT2D eigenvalue weighted by Gasteiger charge is 2.24. The first-order chi connectivity index (χ1) is 14.5. The number of imidazole rings is 1. The first kappa shape index (κ1) is 20.1. The van der Waals surface area contributed by atoms with E-state index in [4.69, 9.17) is 9.47 Å². The molecule has 0 unspecified atom stereocenters. The Bertz CT molecular complexity index is 1200. The highest BCUT2D eigenvalue weighted by molar-refractivity contribution is 5.76. The number of hydrogen-bond acceptors (Lipinski definition) is 6. The van der Waals surface area contributed by atoms with E-state index in [1.165, 1.54) is 20.0 Å². The summed E-state index contributed by atoms with van der Waals surface area (Å²) in [5.74, 6) is -0.476. The first-order valence-corrected chi connectivity index (χ1v) is 10.0.